The highest BCUT2D eigenvalue weighted by molar-refractivity contribution is 6.30. The molecule has 0 spiro atoms. The van der Waals surface area contributed by atoms with Crippen molar-refractivity contribution in [1.29, 1.82) is 0 Å². The number of rotatable bonds is 3. The lowest BCUT2D eigenvalue weighted by Crippen LogP contribution is -2.14. The van der Waals surface area contributed by atoms with Crippen molar-refractivity contribution in [3.05, 3.63) is 150 Å². The Morgan fingerprint density at radius 1 is 0.512 bits per heavy atom. The molecule has 1 nitrogen and oxygen atoms in total. The maximum Gasteiger partial charge on any atom is 0.0547 e. The van der Waals surface area contributed by atoms with Gasteiger partial charge in [0.1, 0.15) is 0 Å². The van der Waals surface area contributed by atoms with Crippen molar-refractivity contribution in [2.45, 2.75) is 19.3 Å². The summed E-state index contributed by atoms with van der Waals surface area (Å²) in [6.07, 6.45) is 0. The van der Waals surface area contributed by atoms with Gasteiger partial charge in [0, 0.05) is 26.8 Å². The predicted octanol–water partition coefficient (Wildman–Crippen LogP) is 11.1. The van der Waals surface area contributed by atoms with Crippen LogP contribution in [0.2, 0.25) is 5.02 Å². The second kappa shape index (κ2) is 8.96. The fraction of sp³-hybridized carbons (Fsp3) is 0.0769. The first-order valence-corrected chi connectivity index (χ1v) is 14.5. The van der Waals surface area contributed by atoms with Gasteiger partial charge in [-0.05, 0) is 75.3 Å². The van der Waals surface area contributed by atoms with E-state index in [9.17, 15) is 0 Å². The molecule has 7 aromatic rings. The minimum atomic E-state index is -0.0444. The molecule has 196 valence electrons. The summed E-state index contributed by atoms with van der Waals surface area (Å²) in [5, 5.41) is 3.25. The zero-order valence-corrected chi connectivity index (χ0v) is 23.8. The molecule has 1 aromatic heterocycles. The van der Waals surface area contributed by atoms with Gasteiger partial charge >= 0.3 is 0 Å². The zero-order valence-electron chi connectivity index (χ0n) is 23.0. The molecule has 1 heterocycles. The molecule has 6 aromatic carbocycles. The Morgan fingerprint density at radius 2 is 1.15 bits per heavy atom. The van der Waals surface area contributed by atoms with Crippen LogP contribution in [0.3, 0.4) is 0 Å². The van der Waals surface area contributed by atoms with Crippen molar-refractivity contribution < 1.29 is 0 Å². The molecule has 0 saturated heterocycles. The van der Waals surface area contributed by atoms with Crippen LogP contribution in [0, 0.1) is 0 Å². The topological polar surface area (TPSA) is 4.93 Å². The van der Waals surface area contributed by atoms with Gasteiger partial charge in [0.2, 0.25) is 0 Å². The van der Waals surface area contributed by atoms with Crippen LogP contribution in [-0.2, 0) is 5.41 Å². The largest absolute Gasteiger partial charge is 0.309 e. The summed E-state index contributed by atoms with van der Waals surface area (Å²) in [6, 6.07) is 48.2. The van der Waals surface area contributed by atoms with Crippen LogP contribution in [-0.4, -0.2) is 4.57 Å². The fourth-order valence-corrected chi connectivity index (χ4v) is 7.06. The number of para-hydroxylation sites is 2. The number of halogens is 1. The Hall–Kier alpha value is -4.59. The van der Waals surface area contributed by atoms with Crippen molar-refractivity contribution in [1.82, 2.24) is 4.57 Å². The molecule has 41 heavy (non-hydrogen) atoms. The highest BCUT2D eigenvalue weighted by Gasteiger charge is 2.35. The third-order valence-electron chi connectivity index (χ3n) is 8.89. The highest BCUT2D eigenvalue weighted by Crippen LogP contribution is 2.50. The number of fused-ring (bicyclic) bond motifs is 6. The molecular weight excluding hydrogens is 518 g/mol. The first-order valence-electron chi connectivity index (χ1n) is 14.1. The molecule has 0 saturated carbocycles. The van der Waals surface area contributed by atoms with Crippen LogP contribution in [0.1, 0.15) is 25.0 Å². The van der Waals surface area contributed by atoms with Gasteiger partial charge in [-0.25, -0.2) is 0 Å². The third-order valence-corrected chi connectivity index (χ3v) is 9.14. The molecule has 8 rings (SSSR count). The van der Waals surface area contributed by atoms with Crippen molar-refractivity contribution in [2.24, 2.45) is 0 Å². The van der Waals surface area contributed by atoms with Gasteiger partial charge in [0.25, 0.3) is 0 Å². The standard InChI is InChI=1S/C39H28ClN/c1-39(2)33-14-6-3-11-30(33)31-23-20-26(24-34(31)39)28-10-4-7-15-35(28)41-36-16-8-5-12-32(36)38-29(13-9-17-37(38)41)25-18-21-27(40)22-19-25/h3-24H,1-2H3. The Kier molecular flexibility index (Phi) is 5.29. The van der Waals surface area contributed by atoms with Crippen LogP contribution >= 0.6 is 11.6 Å². The molecule has 0 N–H and O–H groups in total. The van der Waals surface area contributed by atoms with E-state index in [1.165, 1.54) is 66.4 Å². The molecule has 0 amide bonds. The number of hydrogen-bond acceptors (Lipinski definition) is 0. The molecule has 0 unspecified atom stereocenters. The normalized spacial score (nSPS) is 13.4. The second-order valence-electron chi connectivity index (χ2n) is 11.5. The third kappa shape index (κ3) is 3.56. The average Bonchev–Trinajstić information content (AvgIpc) is 3.47. The fourth-order valence-electron chi connectivity index (χ4n) is 6.93. The number of aromatic nitrogens is 1. The summed E-state index contributed by atoms with van der Waals surface area (Å²) in [7, 11) is 0. The molecule has 1 aliphatic rings. The first-order chi connectivity index (χ1) is 20.0. The van der Waals surface area contributed by atoms with E-state index in [2.05, 4.69) is 140 Å². The van der Waals surface area contributed by atoms with E-state index >= 15 is 0 Å². The molecule has 0 fully saturated rings. The quantitative estimate of drug-likeness (QED) is 0.208. The van der Waals surface area contributed by atoms with Crippen LogP contribution in [0.5, 0.6) is 0 Å². The maximum atomic E-state index is 6.25. The Balaban J connectivity index is 1.38. The Morgan fingerprint density at radius 3 is 2.00 bits per heavy atom. The van der Waals surface area contributed by atoms with E-state index in [0.29, 0.717) is 0 Å². The smallest absolute Gasteiger partial charge is 0.0547 e. The highest BCUT2D eigenvalue weighted by atomic mass is 35.5. The van der Waals surface area contributed by atoms with Gasteiger partial charge in [-0.15, -0.1) is 0 Å². The lowest BCUT2D eigenvalue weighted by Gasteiger charge is -2.22. The van der Waals surface area contributed by atoms with E-state index in [1.54, 1.807) is 0 Å². The molecular formula is C39H28ClN. The van der Waals surface area contributed by atoms with Gasteiger partial charge in [-0.3, -0.25) is 0 Å². The van der Waals surface area contributed by atoms with Crippen LogP contribution in [0.4, 0.5) is 0 Å². The van der Waals surface area contributed by atoms with Gasteiger partial charge in [-0.2, -0.15) is 0 Å². The van der Waals surface area contributed by atoms with Crippen molar-refractivity contribution in [2.75, 3.05) is 0 Å². The minimum Gasteiger partial charge on any atom is -0.309 e. The monoisotopic (exact) mass is 545 g/mol. The predicted molar refractivity (Wildman–Crippen MR) is 174 cm³/mol. The summed E-state index contributed by atoms with van der Waals surface area (Å²) >= 11 is 6.25. The SMILES string of the molecule is CC1(C)c2ccccc2-c2ccc(-c3ccccc3-n3c4ccccc4c4c(-c5ccc(Cl)cc5)cccc43)cc21. The van der Waals surface area contributed by atoms with Crippen molar-refractivity contribution in [3.63, 3.8) is 0 Å². The summed E-state index contributed by atoms with van der Waals surface area (Å²) in [6.45, 7) is 4.69. The van der Waals surface area contributed by atoms with Gasteiger partial charge in [0.15, 0.2) is 0 Å². The Bertz CT molecular complexity index is 2130. The van der Waals surface area contributed by atoms with E-state index in [-0.39, 0.29) is 5.41 Å². The van der Waals surface area contributed by atoms with Crippen LogP contribution in [0.15, 0.2) is 133 Å². The average molecular weight is 546 g/mol. The molecule has 1 aliphatic carbocycles. The molecule has 0 bridgehead atoms. The summed E-state index contributed by atoms with van der Waals surface area (Å²) < 4.78 is 2.44. The maximum absolute atomic E-state index is 6.25. The van der Waals surface area contributed by atoms with Crippen molar-refractivity contribution >= 4 is 33.4 Å². The molecule has 2 heteroatoms. The van der Waals surface area contributed by atoms with E-state index < -0.39 is 0 Å². The van der Waals surface area contributed by atoms with Crippen LogP contribution in [0.25, 0.3) is 60.9 Å². The van der Waals surface area contributed by atoms with E-state index in [1.807, 2.05) is 12.1 Å². The number of benzene rings is 6. The Labute approximate surface area is 245 Å². The van der Waals surface area contributed by atoms with E-state index in [4.69, 9.17) is 11.6 Å². The van der Waals surface area contributed by atoms with Gasteiger partial charge in [0.05, 0.1) is 16.7 Å². The van der Waals surface area contributed by atoms with Gasteiger partial charge < -0.3 is 4.57 Å². The molecule has 0 atom stereocenters. The molecule has 0 radical (unpaired) electrons. The minimum absolute atomic E-state index is 0.0444. The zero-order chi connectivity index (χ0) is 27.7. The summed E-state index contributed by atoms with van der Waals surface area (Å²) in [5.41, 5.74) is 13.8. The van der Waals surface area contributed by atoms with E-state index in [0.717, 1.165) is 10.6 Å². The lowest BCUT2D eigenvalue weighted by atomic mass is 9.81. The first kappa shape index (κ1) is 24.2. The van der Waals surface area contributed by atoms with Crippen molar-refractivity contribution in [3.8, 4) is 39.1 Å². The number of hydrogen-bond donors (Lipinski definition) is 0. The van der Waals surface area contributed by atoms with Crippen LogP contribution < -0.4 is 0 Å². The summed E-state index contributed by atoms with van der Waals surface area (Å²) in [5.74, 6) is 0. The van der Waals surface area contributed by atoms with Gasteiger partial charge in [-0.1, -0.05) is 123 Å². The summed E-state index contributed by atoms with van der Waals surface area (Å²) in [4.78, 5) is 0. The number of nitrogens with zero attached hydrogens (tertiary/aromatic N) is 1. The second-order valence-corrected chi connectivity index (χ2v) is 11.9. The molecule has 0 aliphatic heterocycles. The lowest BCUT2D eigenvalue weighted by molar-refractivity contribution is 0.660.